The van der Waals surface area contributed by atoms with Crippen molar-refractivity contribution in [3.63, 3.8) is 0 Å². The number of halogens is 1. The van der Waals surface area contributed by atoms with Gasteiger partial charge in [0, 0.05) is 45.8 Å². The summed E-state index contributed by atoms with van der Waals surface area (Å²) in [7, 11) is 0. The van der Waals surface area contributed by atoms with Crippen molar-refractivity contribution in [1.82, 2.24) is 14.7 Å². The van der Waals surface area contributed by atoms with Gasteiger partial charge in [0.2, 0.25) is 0 Å². The van der Waals surface area contributed by atoms with E-state index in [9.17, 15) is 9.59 Å². The van der Waals surface area contributed by atoms with Crippen LogP contribution in [0.4, 0.5) is 9.59 Å². The predicted octanol–water partition coefficient (Wildman–Crippen LogP) is 3.07. The highest BCUT2D eigenvalue weighted by atomic mass is 35.5. The number of amides is 2. The fourth-order valence-corrected chi connectivity index (χ4v) is 2.67. The zero-order valence-electron chi connectivity index (χ0n) is 17.1. The first kappa shape index (κ1) is 24.8. The lowest BCUT2D eigenvalue weighted by atomic mass is 10.2. The van der Waals surface area contributed by atoms with E-state index in [4.69, 9.17) is 9.47 Å². The molecule has 1 heterocycles. The molecular formula is C18H36ClN3O4. The Labute approximate surface area is 164 Å². The smallest absolute Gasteiger partial charge is 0.410 e. The second-order valence-electron chi connectivity index (χ2n) is 7.53. The molecule has 0 atom stereocenters. The molecule has 0 unspecified atom stereocenters. The molecule has 0 aromatic heterocycles. The van der Waals surface area contributed by atoms with Gasteiger partial charge in [-0.3, -0.25) is 4.90 Å². The Bertz CT molecular complexity index is 425. The second-order valence-corrected chi connectivity index (χ2v) is 7.53. The molecule has 7 nitrogen and oxygen atoms in total. The minimum Gasteiger partial charge on any atom is -0.447 e. The molecule has 1 saturated heterocycles. The molecule has 0 aliphatic carbocycles. The molecule has 1 aliphatic rings. The van der Waals surface area contributed by atoms with Crippen LogP contribution in [-0.2, 0) is 9.47 Å². The average molecular weight is 394 g/mol. The van der Waals surface area contributed by atoms with Gasteiger partial charge in [-0.25, -0.2) is 9.59 Å². The molecule has 0 saturated carbocycles. The maximum absolute atomic E-state index is 12.2. The van der Waals surface area contributed by atoms with Crippen LogP contribution >= 0.6 is 12.4 Å². The molecule has 0 radical (unpaired) electrons. The standard InChI is InChI=1S/C18H35N3O4.ClH/c1-14(2)13-21(18(23)25-16(5)6)12-9-19-7-10-20(11-8-19)17(22)24-15(3)4;/h14-16H,7-13H2,1-6H3;1H. The summed E-state index contributed by atoms with van der Waals surface area (Å²) in [6.45, 7) is 16.6. The molecule has 0 aromatic rings. The molecule has 0 spiro atoms. The largest absolute Gasteiger partial charge is 0.447 e. The molecule has 1 fully saturated rings. The van der Waals surface area contributed by atoms with E-state index in [1.54, 1.807) is 9.80 Å². The van der Waals surface area contributed by atoms with Crippen molar-refractivity contribution in [2.24, 2.45) is 5.92 Å². The summed E-state index contributed by atoms with van der Waals surface area (Å²) >= 11 is 0. The number of hydrogen-bond donors (Lipinski definition) is 0. The van der Waals surface area contributed by atoms with E-state index in [-0.39, 0.29) is 36.8 Å². The van der Waals surface area contributed by atoms with Crippen LogP contribution in [0.15, 0.2) is 0 Å². The zero-order valence-corrected chi connectivity index (χ0v) is 17.9. The fourth-order valence-electron chi connectivity index (χ4n) is 2.67. The van der Waals surface area contributed by atoms with Gasteiger partial charge in [0.1, 0.15) is 0 Å². The molecule has 0 N–H and O–H groups in total. The molecule has 1 rings (SSSR count). The lowest BCUT2D eigenvalue weighted by molar-refractivity contribution is 0.0509. The number of ether oxygens (including phenoxy) is 2. The van der Waals surface area contributed by atoms with Crippen molar-refractivity contribution >= 4 is 24.6 Å². The molecule has 8 heteroatoms. The van der Waals surface area contributed by atoms with Crippen LogP contribution in [0.25, 0.3) is 0 Å². The number of carbonyl (C=O) groups excluding carboxylic acids is 2. The van der Waals surface area contributed by atoms with Gasteiger partial charge in [-0.15, -0.1) is 12.4 Å². The van der Waals surface area contributed by atoms with E-state index in [0.29, 0.717) is 32.1 Å². The highest BCUT2D eigenvalue weighted by Gasteiger charge is 2.24. The third-order valence-corrected chi connectivity index (χ3v) is 3.83. The minimum absolute atomic E-state index is 0. The Morgan fingerprint density at radius 1 is 0.923 bits per heavy atom. The van der Waals surface area contributed by atoms with Crippen molar-refractivity contribution in [2.75, 3.05) is 45.8 Å². The van der Waals surface area contributed by atoms with Gasteiger partial charge in [0.05, 0.1) is 12.2 Å². The van der Waals surface area contributed by atoms with Crippen LogP contribution in [0.2, 0.25) is 0 Å². The van der Waals surface area contributed by atoms with Gasteiger partial charge >= 0.3 is 12.2 Å². The van der Waals surface area contributed by atoms with Crippen molar-refractivity contribution in [3.05, 3.63) is 0 Å². The summed E-state index contributed by atoms with van der Waals surface area (Å²) in [5.74, 6) is 0.391. The summed E-state index contributed by atoms with van der Waals surface area (Å²) in [5, 5.41) is 0. The number of rotatable bonds is 7. The molecule has 0 aromatic carbocycles. The van der Waals surface area contributed by atoms with Crippen LogP contribution in [0.5, 0.6) is 0 Å². The SMILES string of the molecule is CC(C)CN(CCN1CCN(C(=O)OC(C)C)CC1)C(=O)OC(C)C.Cl. The summed E-state index contributed by atoms with van der Waals surface area (Å²) in [4.78, 5) is 29.9. The van der Waals surface area contributed by atoms with E-state index < -0.39 is 0 Å². The number of carbonyl (C=O) groups is 2. The van der Waals surface area contributed by atoms with Crippen LogP contribution < -0.4 is 0 Å². The zero-order chi connectivity index (χ0) is 19.0. The minimum atomic E-state index is -0.247. The van der Waals surface area contributed by atoms with Crippen LogP contribution in [-0.4, -0.2) is 84.9 Å². The maximum atomic E-state index is 12.2. The van der Waals surface area contributed by atoms with Crippen molar-refractivity contribution < 1.29 is 19.1 Å². The normalized spacial score (nSPS) is 15.2. The predicted molar refractivity (Wildman–Crippen MR) is 105 cm³/mol. The van der Waals surface area contributed by atoms with Crippen LogP contribution in [0, 0.1) is 5.92 Å². The monoisotopic (exact) mass is 393 g/mol. The van der Waals surface area contributed by atoms with E-state index in [1.165, 1.54) is 0 Å². The highest BCUT2D eigenvalue weighted by Crippen LogP contribution is 2.08. The van der Waals surface area contributed by atoms with Gasteiger partial charge in [-0.05, 0) is 33.6 Å². The molecular weight excluding hydrogens is 358 g/mol. The van der Waals surface area contributed by atoms with Crippen molar-refractivity contribution in [3.8, 4) is 0 Å². The van der Waals surface area contributed by atoms with Crippen LogP contribution in [0.1, 0.15) is 41.5 Å². The Balaban J connectivity index is 0.00000625. The van der Waals surface area contributed by atoms with E-state index in [2.05, 4.69) is 18.7 Å². The first-order valence-corrected chi connectivity index (χ1v) is 9.32. The Hall–Kier alpha value is -1.21. The first-order valence-electron chi connectivity index (χ1n) is 9.32. The van der Waals surface area contributed by atoms with Gasteiger partial charge in [-0.1, -0.05) is 13.8 Å². The third kappa shape index (κ3) is 9.48. The van der Waals surface area contributed by atoms with Gasteiger partial charge in [0.25, 0.3) is 0 Å². The Kier molecular flexibility index (Phi) is 11.7. The topological polar surface area (TPSA) is 62.3 Å². The Morgan fingerprint density at radius 2 is 1.46 bits per heavy atom. The Morgan fingerprint density at radius 3 is 1.92 bits per heavy atom. The molecule has 0 bridgehead atoms. The summed E-state index contributed by atoms with van der Waals surface area (Å²) in [6.07, 6.45) is -0.695. The summed E-state index contributed by atoms with van der Waals surface area (Å²) in [5.41, 5.74) is 0. The molecule has 1 aliphatic heterocycles. The fraction of sp³-hybridized carbons (Fsp3) is 0.889. The molecule has 154 valence electrons. The van der Waals surface area contributed by atoms with E-state index in [1.807, 2.05) is 27.7 Å². The maximum Gasteiger partial charge on any atom is 0.410 e. The van der Waals surface area contributed by atoms with E-state index in [0.717, 1.165) is 19.6 Å². The molecule has 2 amide bonds. The second kappa shape index (κ2) is 12.2. The van der Waals surface area contributed by atoms with Crippen LogP contribution in [0.3, 0.4) is 0 Å². The van der Waals surface area contributed by atoms with Gasteiger partial charge in [-0.2, -0.15) is 0 Å². The van der Waals surface area contributed by atoms with Gasteiger partial charge in [0.15, 0.2) is 0 Å². The summed E-state index contributed by atoms with van der Waals surface area (Å²) in [6, 6.07) is 0. The number of piperazine rings is 1. The number of nitrogens with zero attached hydrogens (tertiary/aromatic N) is 3. The van der Waals surface area contributed by atoms with Crippen molar-refractivity contribution in [1.29, 1.82) is 0 Å². The van der Waals surface area contributed by atoms with Crippen molar-refractivity contribution in [2.45, 2.75) is 53.8 Å². The lowest BCUT2D eigenvalue weighted by Crippen LogP contribution is -2.51. The summed E-state index contributed by atoms with van der Waals surface area (Å²) < 4.78 is 10.6. The average Bonchev–Trinajstić information content (AvgIpc) is 2.50. The van der Waals surface area contributed by atoms with Gasteiger partial charge < -0.3 is 19.3 Å². The lowest BCUT2D eigenvalue weighted by Gasteiger charge is -2.35. The molecule has 26 heavy (non-hydrogen) atoms. The quantitative estimate of drug-likeness (QED) is 0.665. The number of hydrogen-bond acceptors (Lipinski definition) is 5. The first-order chi connectivity index (χ1) is 11.7. The van der Waals surface area contributed by atoms with E-state index >= 15 is 0 Å². The highest BCUT2D eigenvalue weighted by molar-refractivity contribution is 5.85. The third-order valence-electron chi connectivity index (χ3n) is 3.83.